The molecule has 0 aromatic heterocycles. The molecule has 1 aromatic rings. The minimum Gasteiger partial charge on any atom is -0.781 e. The van der Waals surface area contributed by atoms with Gasteiger partial charge in [-0.1, -0.05) is 23.8 Å². The van der Waals surface area contributed by atoms with Crippen molar-refractivity contribution in [1.29, 1.82) is 0 Å². The molecular weight excluding hydrogens is 374 g/mol. The third-order valence-corrected chi connectivity index (χ3v) is 2.42. The van der Waals surface area contributed by atoms with Crippen LogP contribution in [-0.4, -0.2) is 35.9 Å². The number of rotatable bonds is 0. The second-order valence-corrected chi connectivity index (χ2v) is 4.28. The van der Waals surface area contributed by atoms with E-state index >= 15 is 0 Å². The Kier molecular flexibility index (Phi) is 11.7. The first-order chi connectivity index (χ1) is 6.47. The number of thiocarbonyl (C=S) groups is 1. The van der Waals surface area contributed by atoms with E-state index in [4.69, 9.17) is 25.3 Å². The molecule has 0 aliphatic carbocycles. The quantitative estimate of drug-likeness (QED) is 0.383. The van der Waals surface area contributed by atoms with Gasteiger partial charge in [0.15, 0.2) is 0 Å². The molecule has 0 unspecified atom stereocenters. The van der Waals surface area contributed by atoms with Crippen LogP contribution in [0.3, 0.4) is 0 Å². The Balaban J connectivity index is 0. The van der Waals surface area contributed by atoms with Gasteiger partial charge in [-0.05, 0) is 6.92 Å². The predicted molar refractivity (Wildman–Crippen MR) is 75.2 cm³/mol. The Hall–Kier alpha value is 0.588. The molecule has 2 radical (unpaired) electrons. The van der Waals surface area contributed by atoms with Gasteiger partial charge in [-0.15, -0.1) is 0 Å². The zero-order valence-corrected chi connectivity index (χ0v) is 14.0. The number of aryl methyl sites for hydroxylation is 1. The molecule has 0 saturated heterocycles. The van der Waals surface area contributed by atoms with E-state index in [2.05, 4.69) is 29.6 Å². The van der Waals surface area contributed by atoms with Crippen LogP contribution in [0.4, 0.5) is 0 Å². The third-order valence-electron chi connectivity index (χ3n) is 1.27. The van der Waals surface area contributed by atoms with E-state index in [1.54, 1.807) is 0 Å². The first-order valence-electron chi connectivity index (χ1n) is 3.67. The van der Waals surface area contributed by atoms with E-state index in [1.807, 2.05) is 25.1 Å². The number of benzene rings is 1. The van der Waals surface area contributed by atoms with E-state index in [9.17, 15) is 0 Å². The van der Waals surface area contributed by atoms with Gasteiger partial charge in [0, 0.05) is 4.38 Å². The number of hydrogen-bond donors (Lipinski definition) is 0. The molecule has 0 spiro atoms. The van der Waals surface area contributed by atoms with Crippen LogP contribution in [0, 0.1) is 6.92 Å². The summed E-state index contributed by atoms with van der Waals surface area (Å²) in [7, 11) is 1.45. The van der Waals surface area contributed by atoms with E-state index in [-0.39, 0.29) is 28.8 Å². The van der Waals surface area contributed by atoms with Gasteiger partial charge in [-0.3, -0.25) is 0 Å². The van der Waals surface area contributed by atoms with Gasteiger partial charge < -0.3 is 54.8 Å². The van der Waals surface area contributed by atoms with Gasteiger partial charge in [0.1, 0.15) is 0 Å². The zero-order valence-electron chi connectivity index (χ0n) is 8.22. The maximum atomic E-state index is 4.94. The normalized spacial score (nSPS) is 7.87. The van der Waals surface area contributed by atoms with Gasteiger partial charge in [-0.2, -0.15) is 9.79 Å². The fourth-order valence-corrected chi connectivity index (χ4v) is 0.996. The molecule has 1 aromatic carbocycles. The van der Waals surface area contributed by atoms with Crippen molar-refractivity contribution in [3.63, 3.8) is 0 Å². The van der Waals surface area contributed by atoms with Crippen molar-refractivity contribution in [1.82, 2.24) is 0 Å². The predicted octanol–water partition coefficient (Wildman–Crippen LogP) is 1.89. The van der Waals surface area contributed by atoms with Crippen LogP contribution in [0.25, 0.3) is 0 Å². The Labute approximate surface area is 130 Å². The second kappa shape index (κ2) is 9.79. The smallest absolute Gasteiger partial charge is 0.781 e. The topological polar surface area (TPSA) is 9.23 Å². The fourth-order valence-electron chi connectivity index (χ4n) is 0.615. The second-order valence-electron chi connectivity index (χ2n) is 2.40. The summed E-state index contributed by atoms with van der Waals surface area (Å²) in [6.07, 6.45) is 0. The molecule has 1 rings (SSSR count). The molecule has 0 saturated carbocycles. The van der Waals surface area contributed by atoms with Crippen molar-refractivity contribution in [2.24, 2.45) is 0 Å². The largest absolute Gasteiger partial charge is 3.00 e. The van der Waals surface area contributed by atoms with Gasteiger partial charge in [-0.25, -0.2) is 0 Å². The Bertz CT molecular complexity index is 317. The third kappa shape index (κ3) is 9.51. The first-order valence-corrected chi connectivity index (χ1v) is 5.30. The molecule has 6 heteroatoms. The van der Waals surface area contributed by atoms with Crippen molar-refractivity contribution in [2.75, 3.05) is 7.11 Å². The van der Waals surface area contributed by atoms with E-state index in [1.165, 1.54) is 12.7 Å². The average molecular weight is 383 g/mol. The molecule has 0 aliphatic heterocycles. The maximum Gasteiger partial charge on any atom is 3.00 e. The average Bonchev–Trinajstić information content (AvgIpc) is 2.13. The summed E-state index contributed by atoms with van der Waals surface area (Å²) < 4.78 is 4.47. The summed E-state index contributed by atoms with van der Waals surface area (Å²) in [5.74, 6) is 0. The molecule has 0 heterocycles. The van der Waals surface area contributed by atoms with Crippen molar-refractivity contribution in [3.8, 4) is 0 Å². The molecule has 0 aliphatic rings. The minimum atomic E-state index is 0. The van der Waals surface area contributed by atoms with E-state index in [0.717, 1.165) is 9.79 Å². The standard InChI is InChI=1S/C7H8S2.C2H4OS2.Sb/c1-5-2-3-6(8)7(9)4-5;1-3-2(4)5;/h2-4,8-9H,1H3;1H3,(H,4,5);/q;;+3/p-3. The Morgan fingerprint density at radius 3 is 2.00 bits per heavy atom. The number of ether oxygens (including phenoxy) is 1. The summed E-state index contributed by atoms with van der Waals surface area (Å²) in [6, 6.07) is 5.75. The van der Waals surface area contributed by atoms with Crippen LogP contribution in [0.2, 0.25) is 0 Å². The number of methoxy groups -OCH3 is 1. The van der Waals surface area contributed by atoms with Gasteiger partial charge in [0.05, 0.1) is 7.11 Å². The van der Waals surface area contributed by atoms with Crippen LogP contribution in [0.1, 0.15) is 5.56 Å². The Morgan fingerprint density at radius 1 is 1.27 bits per heavy atom. The van der Waals surface area contributed by atoms with Crippen LogP contribution >= 0.6 is 12.2 Å². The van der Waals surface area contributed by atoms with Crippen LogP contribution in [-0.2, 0) is 42.6 Å². The zero-order chi connectivity index (χ0) is 11.1. The first kappa shape index (κ1) is 18.0. The Morgan fingerprint density at radius 2 is 1.73 bits per heavy atom. The summed E-state index contributed by atoms with van der Waals surface area (Å²) in [6.45, 7) is 2.00. The molecule has 1 nitrogen and oxygen atoms in total. The molecule has 0 N–H and O–H groups in total. The number of hydrogen-bond acceptors (Lipinski definition) is 5. The molecule has 80 valence electrons. The molecular formula is C9H9OS4Sb. The maximum absolute atomic E-state index is 4.94. The van der Waals surface area contributed by atoms with Crippen LogP contribution in [0.15, 0.2) is 28.0 Å². The summed E-state index contributed by atoms with van der Waals surface area (Å²) in [4.78, 5) is 1.56. The SMILES string of the molecule is COC(=S)[S-].Cc1ccc([S-])c([S-])c1.[Sb+3]. The van der Waals surface area contributed by atoms with Gasteiger partial charge in [0.25, 0.3) is 0 Å². The molecule has 0 amide bonds. The van der Waals surface area contributed by atoms with Crippen molar-refractivity contribution < 1.29 is 4.74 Å². The molecule has 0 bridgehead atoms. The van der Waals surface area contributed by atoms with Gasteiger partial charge in [0.2, 0.25) is 0 Å². The van der Waals surface area contributed by atoms with Crippen molar-refractivity contribution >= 4 is 78.9 Å². The molecule has 0 atom stereocenters. The summed E-state index contributed by atoms with van der Waals surface area (Å²) >= 11 is 18.4. The molecule has 0 fully saturated rings. The van der Waals surface area contributed by atoms with E-state index in [0.29, 0.717) is 0 Å². The van der Waals surface area contributed by atoms with E-state index < -0.39 is 0 Å². The summed E-state index contributed by atoms with van der Waals surface area (Å²) in [5, 5.41) is 0. The summed E-state index contributed by atoms with van der Waals surface area (Å²) in [5.41, 5.74) is 1.17. The minimum absolute atomic E-state index is 0. The molecule has 15 heavy (non-hydrogen) atoms. The van der Waals surface area contributed by atoms with Crippen molar-refractivity contribution in [3.05, 3.63) is 23.8 Å². The fraction of sp³-hybridized carbons (Fsp3) is 0.222. The van der Waals surface area contributed by atoms with Crippen LogP contribution < -0.4 is 0 Å². The van der Waals surface area contributed by atoms with Crippen LogP contribution in [0.5, 0.6) is 0 Å². The van der Waals surface area contributed by atoms with Gasteiger partial charge >= 0.3 is 24.4 Å². The van der Waals surface area contributed by atoms with Crippen molar-refractivity contribution in [2.45, 2.75) is 16.7 Å². The monoisotopic (exact) mass is 382 g/mol.